The van der Waals surface area contributed by atoms with Gasteiger partial charge in [-0.15, -0.1) is 0 Å². The van der Waals surface area contributed by atoms with Crippen molar-refractivity contribution in [1.29, 1.82) is 0 Å². The number of allylic oxidation sites excluding steroid dienone is 1. The third-order valence-corrected chi connectivity index (χ3v) is 1.67. The SMILES string of the molecule is [CH-]=CC1CCCC1.[Li+]. The Bertz CT molecular complexity index is 62.8. The number of hydrogen-bond donors (Lipinski definition) is 0. The number of rotatable bonds is 1. The van der Waals surface area contributed by atoms with Crippen LogP contribution in [0.1, 0.15) is 25.7 Å². The fourth-order valence-corrected chi connectivity index (χ4v) is 1.15. The molecular formula is C7H11Li. The van der Waals surface area contributed by atoms with Crippen molar-refractivity contribution in [2.45, 2.75) is 25.7 Å². The minimum atomic E-state index is 0. The topological polar surface area (TPSA) is 0 Å². The second-order valence-corrected chi connectivity index (χ2v) is 2.24. The van der Waals surface area contributed by atoms with Gasteiger partial charge in [0.1, 0.15) is 0 Å². The molecule has 8 heavy (non-hydrogen) atoms. The van der Waals surface area contributed by atoms with Crippen molar-refractivity contribution in [2.24, 2.45) is 5.92 Å². The maximum Gasteiger partial charge on any atom is 1.00 e. The summed E-state index contributed by atoms with van der Waals surface area (Å²) in [5.74, 6) is 0.750. The van der Waals surface area contributed by atoms with Crippen molar-refractivity contribution in [3.63, 3.8) is 0 Å². The molecule has 0 aromatic heterocycles. The first-order chi connectivity index (χ1) is 3.43. The van der Waals surface area contributed by atoms with Crippen LogP contribution in [0, 0.1) is 12.5 Å². The first kappa shape index (κ1) is 8.34. The van der Waals surface area contributed by atoms with Crippen LogP contribution in [0.2, 0.25) is 0 Å². The summed E-state index contributed by atoms with van der Waals surface area (Å²) in [5.41, 5.74) is 0. The molecule has 0 atom stereocenters. The predicted octanol–water partition coefficient (Wildman–Crippen LogP) is -0.830. The molecule has 40 valence electrons. The predicted molar refractivity (Wildman–Crippen MR) is 30.8 cm³/mol. The van der Waals surface area contributed by atoms with Crippen LogP contribution < -0.4 is 18.9 Å². The monoisotopic (exact) mass is 102 g/mol. The summed E-state index contributed by atoms with van der Waals surface area (Å²) in [7, 11) is 0. The summed E-state index contributed by atoms with van der Waals surface area (Å²) < 4.78 is 0. The van der Waals surface area contributed by atoms with Crippen molar-refractivity contribution in [1.82, 2.24) is 0 Å². The van der Waals surface area contributed by atoms with E-state index in [-0.39, 0.29) is 18.9 Å². The minimum absolute atomic E-state index is 0. The van der Waals surface area contributed by atoms with E-state index in [2.05, 4.69) is 0 Å². The standard InChI is InChI=1S/C7H11.Li/c1-2-7-5-3-4-6-7;/h1-2,7H,3-6H2;/q-1;+1. The fraction of sp³-hybridized carbons (Fsp3) is 0.714. The van der Waals surface area contributed by atoms with Crippen LogP contribution in [0.5, 0.6) is 0 Å². The van der Waals surface area contributed by atoms with Crippen LogP contribution in [0.3, 0.4) is 0 Å². The van der Waals surface area contributed by atoms with Gasteiger partial charge in [-0.1, -0.05) is 18.8 Å². The van der Waals surface area contributed by atoms with Crippen LogP contribution in [-0.2, 0) is 0 Å². The van der Waals surface area contributed by atoms with Crippen LogP contribution in [0.15, 0.2) is 6.08 Å². The summed E-state index contributed by atoms with van der Waals surface area (Å²) in [6, 6.07) is 0. The molecular weight excluding hydrogens is 91.0 g/mol. The Labute approximate surface area is 63.5 Å². The third-order valence-electron chi connectivity index (χ3n) is 1.67. The molecule has 1 fully saturated rings. The van der Waals surface area contributed by atoms with E-state index in [0.29, 0.717) is 0 Å². The van der Waals surface area contributed by atoms with Gasteiger partial charge in [0, 0.05) is 0 Å². The van der Waals surface area contributed by atoms with Gasteiger partial charge in [-0.3, -0.25) is 6.08 Å². The summed E-state index contributed by atoms with van der Waals surface area (Å²) in [6.45, 7) is 5.31. The minimum Gasteiger partial charge on any atom is -0.518 e. The quantitative estimate of drug-likeness (QED) is 0.299. The molecule has 0 saturated heterocycles. The number of hydrogen-bond acceptors (Lipinski definition) is 0. The summed E-state index contributed by atoms with van der Waals surface area (Å²) >= 11 is 0. The van der Waals surface area contributed by atoms with Crippen LogP contribution >= 0.6 is 0 Å². The average Bonchev–Trinajstić information content (AvgIpc) is 2.14. The average molecular weight is 102 g/mol. The second-order valence-electron chi connectivity index (χ2n) is 2.24. The maximum atomic E-state index is 5.31. The Morgan fingerprint density at radius 3 is 2.00 bits per heavy atom. The Kier molecular flexibility index (Phi) is 4.42. The fourth-order valence-electron chi connectivity index (χ4n) is 1.15. The molecule has 0 unspecified atom stereocenters. The van der Waals surface area contributed by atoms with E-state index in [4.69, 9.17) is 6.58 Å². The molecule has 0 spiro atoms. The summed E-state index contributed by atoms with van der Waals surface area (Å²) in [4.78, 5) is 0. The summed E-state index contributed by atoms with van der Waals surface area (Å²) in [5, 5.41) is 0. The molecule has 0 aromatic rings. The van der Waals surface area contributed by atoms with Crippen LogP contribution in [0.25, 0.3) is 0 Å². The third kappa shape index (κ3) is 2.07. The van der Waals surface area contributed by atoms with Crippen molar-refractivity contribution in [2.75, 3.05) is 0 Å². The van der Waals surface area contributed by atoms with E-state index in [1.54, 1.807) is 0 Å². The molecule has 1 heteroatoms. The van der Waals surface area contributed by atoms with Crippen LogP contribution in [0.4, 0.5) is 0 Å². The molecule has 0 aromatic carbocycles. The second kappa shape index (κ2) is 4.24. The first-order valence-electron chi connectivity index (χ1n) is 2.98. The van der Waals surface area contributed by atoms with E-state index in [9.17, 15) is 0 Å². The zero-order chi connectivity index (χ0) is 5.11. The van der Waals surface area contributed by atoms with E-state index >= 15 is 0 Å². The van der Waals surface area contributed by atoms with E-state index in [0.717, 1.165) is 5.92 Å². The van der Waals surface area contributed by atoms with Gasteiger partial charge in [0.15, 0.2) is 0 Å². The molecule has 0 radical (unpaired) electrons. The molecule has 0 heterocycles. The van der Waals surface area contributed by atoms with Gasteiger partial charge >= 0.3 is 18.9 Å². The first-order valence-corrected chi connectivity index (χ1v) is 2.98. The Balaban J connectivity index is 0.000000490. The van der Waals surface area contributed by atoms with E-state index in [1.807, 2.05) is 6.08 Å². The van der Waals surface area contributed by atoms with Crippen molar-refractivity contribution < 1.29 is 18.9 Å². The molecule has 1 rings (SSSR count). The van der Waals surface area contributed by atoms with Crippen molar-refractivity contribution in [3.05, 3.63) is 12.7 Å². The molecule has 0 nitrogen and oxygen atoms in total. The molecule has 1 aliphatic rings. The summed E-state index contributed by atoms with van der Waals surface area (Å²) in [6.07, 6.45) is 7.27. The van der Waals surface area contributed by atoms with Gasteiger partial charge in [0.05, 0.1) is 0 Å². The maximum absolute atomic E-state index is 5.31. The zero-order valence-electron chi connectivity index (χ0n) is 5.56. The zero-order valence-corrected chi connectivity index (χ0v) is 5.56. The Morgan fingerprint density at radius 1 is 1.25 bits per heavy atom. The molecule has 0 bridgehead atoms. The van der Waals surface area contributed by atoms with E-state index in [1.165, 1.54) is 25.7 Å². The molecule has 0 aliphatic heterocycles. The largest absolute Gasteiger partial charge is 1.00 e. The van der Waals surface area contributed by atoms with Gasteiger partial charge in [-0.05, 0) is 12.8 Å². The smallest absolute Gasteiger partial charge is 0.518 e. The van der Waals surface area contributed by atoms with Gasteiger partial charge in [0.25, 0.3) is 0 Å². The van der Waals surface area contributed by atoms with Crippen molar-refractivity contribution in [3.8, 4) is 0 Å². The van der Waals surface area contributed by atoms with Crippen molar-refractivity contribution >= 4 is 0 Å². The van der Waals surface area contributed by atoms with E-state index < -0.39 is 0 Å². The Morgan fingerprint density at radius 2 is 1.75 bits per heavy atom. The van der Waals surface area contributed by atoms with Gasteiger partial charge in [0.2, 0.25) is 0 Å². The molecule has 1 aliphatic carbocycles. The molecule has 0 amide bonds. The molecule has 0 N–H and O–H groups in total. The van der Waals surface area contributed by atoms with Gasteiger partial charge in [-0.2, -0.15) is 0 Å². The van der Waals surface area contributed by atoms with Gasteiger partial charge < -0.3 is 6.58 Å². The Hall–Kier alpha value is 0.337. The molecule has 1 saturated carbocycles. The van der Waals surface area contributed by atoms with Gasteiger partial charge in [-0.25, -0.2) is 0 Å². The van der Waals surface area contributed by atoms with Crippen LogP contribution in [-0.4, -0.2) is 0 Å². The normalized spacial score (nSPS) is 20.0.